The number of carbonyl (C=O) groups is 1. The van der Waals surface area contributed by atoms with E-state index in [0.717, 1.165) is 0 Å². The molecule has 1 aromatic heterocycles. The summed E-state index contributed by atoms with van der Waals surface area (Å²) >= 11 is 0. The van der Waals surface area contributed by atoms with Gasteiger partial charge in [-0.2, -0.15) is 13.2 Å². The summed E-state index contributed by atoms with van der Waals surface area (Å²) in [6, 6.07) is 1.53. The first-order chi connectivity index (χ1) is 9.52. The minimum atomic E-state index is -4.88. The van der Waals surface area contributed by atoms with E-state index in [-0.39, 0.29) is 11.6 Å². The molecule has 0 bridgehead atoms. The molecule has 0 spiro atoms. The van der Waals surface area contributed by atoms with Gasteiger partial charge in [-0.25, -0.2) is 4.98 Å². The van der Waals surface area contributed by atoms with Crippen LogP contribution in [0.4, 0.5) is 24.5 Å². The maximum Gasteiger partial charge on any atom is 0.415 e. The van der Waals surface area contributed by atoms with Gasteiger partial charge in [0.25, 0.3) is 5.91 Å². The Balaban J connectivity index is 3.22. The van der Waals surface area contributed by atoms with E-state index in [1.54, 1.807) is 19.0 Å². The number of ether oxygens (including phenoxy) is 1. The first-order valence-corrected chi connectivity index (χ1v) is 5.89. The van der Waals surface area contributed by atoms with Gasteiger partial charge in [0.05, 0.1) is 12.8 Å². The second kappa shape index (κ2) is 5.76. The Morgan fingerprint density at radius 1 is 1.43 bits per heavy atom. The topological polar surface area (TPSA) is 80.5 Å². The summed E-state index contributed by atoms with van der Waals surface area (Å²) in [5.41, 5.74) is 2.52. The van der Waals surface area contributed by atoms with Crippen LogP contribution in [0.3, 0.4) is 0 Å². The van der Waals surface area contributed by atoms with Crippen LogP contribution < -0.4 is 20.7 Å². The van der Waals surface area contributed by atoms with Gasteiger partial charge in [-0.15, -0.1) is 0 Å². The van der Waals surface area contributed by atoms with Crippen molar-refractivity contribution in [3.63, 3.8) is 0 Å². The Labute approximate surface area is 120 Å². The lowest BCUT2D eigenvalue weighted by molar-refractivity contribution is -0.184. The lowest BCUT2D eigenvalue weighted by Crippen LogP contribution is -2.59. The van der Waals surface area contributed by atoms with Gasteiger partial charge < -0.3 is 20.7 Å². The number of hydrogen-bond acceptors (Lipinski definition) is 5. The van der Waals surface area contributed by atoms with Crippen LogP contribution in [0.2, 0.25) is 0 Å². The first kappa shape index (κ1) is 17.0. The molecule has 0 saturated carbocycles. The number of amides is 1. The summed E-state index contributed by atoms with van der Waals surface area (Å²) in [4.78, 5) is 17.3. The number of nitrogens with zero attached hydrogens (tertiary/aromatic N) is 2. The number of alkyl halides is 3. The quantitative estimate of drug-likeness (QED) is 0.878. The number of hydrogen-bond donors (Lipinski definition) is 2. The van der Waals surface area contributed by atoms with Crippen LogP contribution in [0.15, 0.2) is 12.3 Å². The highest BCUT2D eigenvalue weighted by Gasteiger charge is 2.54. The maximum atomic E-state index is 12.8. The Morgan fingerprint density at radius 2 is 2.00 bits per heavy atom. The van der Waals surface area contributed by atoms with E-state index < -0.39 is 17.6 Å². The summed E-state index contributed by atoms with van der Waals surface area (Å²) in [6.45, 7) is 0.598. The third-order valence-electron chi connectivity index (χ3n) is 2.87. The molecule has 0 aliphatic heterocycles. The summed E-state index contributed by atoms with van der Waals surface area (Å²) in [7, 11) is 4.62. The summed E-state index contributed by atoms with van der Waals surface area (Å²) in [6.07, 6.45) is -3.47. The van der Waals surface area contributed by atoms with E-state index in [1.807, 2.05) is 0 Å². The average Bonchev–Trinajstić information content (AvgIpc) is 2.37. The largest absolute Gasteiger partial charge is 0.479 e. The molecule has 1 heterocycles. The van der Waals surface area contributed by atoms with E-state index in [9.17, 15) is 18.0 Å². The Kier molecular flexibility index (Phi) is 4.67. The van der Waals surface area contributed by atoms with Crippen molar-refractivity contribution in [3.05, 3.63) is 12.3 Å². The molecular weight excluding hydrogens is 289 g/mol. The van der Waals surface area contributed by atoms with E-state index in [0.29, 0.717) is 12.6 Å². The van der Waals surface area contributed by atoms with Gasteiger partial charge in [0, 0.05) is 20.3 Å². The molecule has 0 aromatic carbocycles. The third kappa shape index (κ3) is 3.35. The highest BCUT2D eigenvalue weighted by molar-refractivity contribution is 6.01. The molecule has 1 atom stereocenters. The number of carbonyl (C=O) groups excluding carboxylic acids is 1. The van der Waals surface area contributed by atoms with Crippen LogP contribution in [0.25, 0.3) is 0 Å². The molecule has 0 aliphatic carbocycles. The minimum Gasteiger partial charge on any atom is -0.479 e. The van der Waals surface area contributed by atoms with Crippen molar-refractivity contribution in [2.24, 2.45) is 5.73 Å². The molecule has 9 heteroatoms. The molecule has 0 saturated heterocycles. The van der Waals surface area contributed by atoms with Crippen LogP contribution in [-0.2, 0) is 4.79 Å². The van der Waals surface area contributed by atoms with E-state index >= 15 is 0 Å². The molecule has 1 aromatic rings. The average molecular weight is 306 g/mol. The highest BCUT2D eigenvalue weighted by Crippen LogP contribution is 2.34. The fraction of sp³-hybridized carbons (Fsp3) is 0.500. The number of halogens is 3. The number of pyridine rings is 1. The Morgan fingerprint density at radius 3 is 2.43 bits per heavy atom. The monoisotopic (exact) mass is 306 g/mol. The molecule has 0 radical (unpaired) electrons. The van der Waals surface area contributed by atoms with E-state index in [4.69, 9.17) is 10.5 Å². The van der Waals surface area contributed by atoms with Gasteiger partial charge in [0.15, 0.2) is 5.54 Å². The molecule has 6 nitrogen and oxygen atoms in total. The number of aromatic nitrogens is 1. The molecule has 118 valence electrons. The predicted octanol–water partition coefficient (Wildman–Crippen LogP) is 1.37. The first-order valence-electron chi connectivity index (χ1n) is 5.89. The second-order valence-corrected chi connectivity index (χ2v) is 4.76. The maximum absolute atomic E-state index is 12.8. The van der Waals surface area contributed by atoms with Crippen LogP contribution in [0, 0.1) is 0 Å². The van der Waals surface area contributed by atoms with Crippen molar-refractivity contribution in [2.45, 2.75) is 18.6 Å². The molecule has 1 amide bonds. The fourth-order valence-corrected chi connectivity index (χ4v) is 1.45. The predicted molar refractivity (Wildman–Crippen MR) is 72.4 cm³/mol. The smallest absolute Gasteiger partial charge is 0.415 e. The molecular formula is C12H17F3N4O2. The van der Waals surface area contributed by atoms with Gasteiger partial charge in [0.2, 0.25) is 5.88 Å². The lowest BCUT2D eigenvalue weighted by Gasteiger charge is -2.27. The lowest BCUT2D eigenvalue weighted by atomic mass is 10.0. The molecule has 0 aliphatic rings. The number of rotatable bonds is 4. The Hall–Kier alpha value is -2.03. The zero-order valence-electron chi connectivity index (χ0n) is 12.1. The van der Waals surface area contributed by atoms with Crippen molar-refractivity contribution in [2.75, 3.05) is 31.4 Å². The SMILES string of the molecule is COc1nccc(N(C)C)c1NC(=O)C(C)(N)C(F)(F)F. The van der Waals surface area contributed by atoms with Crippen molar-refractivity contribution in [1.29, 1.82) is 0 Å². The van der Waals surface area contributed by atoms with Crippen LogP contribution >= 0.6 is 0 Å². The van der Waals surface area contributed by atoms with Gasteiger partial charge in [-0.3, -0.25) is 4.79 Å². The zero-order chi connectivity index (χ0) is 16.4. The van der Waals surface area contributed by atoms with Gasteiger partial charge >= 0.3 is 6.18 Å². The zero-order valence-corrected chi connectivity index (χ0v) is 12.1. The molecule has 1 rings (SSSR count). The van der Waals surface area contributed by atoms with Crippen LogP contribution in [-0.4, -0.2) is 43.8 Å². The van der Waals surface area contributed by atoms with E-state index in [2.05, 4.69) is 10.3 Å². The summed E-state index contributed by atoms with van der Waals surface area (Å²) < 4.78 is 43.3. The molecule has 3 N–H and O–H groups in total. The normalized spacial score (nSPS) is 14.3. The third-order valence-corrected chi connectivity index (χ3v) is 2.87. The number of nitrogens with one attached hydrogen (secondary N) is 1. The standard InChI is InChI=1S/C12H17F3N4O2/c1-11(16,12(13,14)15)10(20)18-8-7(19(2)3)5-6-17-9(8)21-4/h5-6H,16H2,1-4H3,(H,18,20). The van der Waals surface area contributed by atoms with Gasteiger partial charge in [-0.1, -0.05) is 0 Å². The van der Waals surface area contributed by atoms with Crippen molar-refractivity contribution in [1.82, 2.24) is 4.98 Å². The molecule has 0 fully saturated rings. The van der Waals surface area contributed by atoms with Gasteiger partial charge in [-0.05, 0) is 13.0 Å². The highest BCUT2D eigenvalue weighted by atomic mass is 19.4. The fourth-order valence-electron chi connectivity index (χ4n) is 1.45. The minimum absolute atomic E-state index is 0.00692. The summed E-state index contributed by atoms with van der Waals surface area (Å²) in [5, 5.41) is 2.15. The van der Waals surface area contributed by atoms with Crippen LogP contribution in [0.1, 0.15) is 6.92 Å². The van der Waals surface area contributed by atoms with Gasteiger partial charge in [0.1, 0.15) is 5.69 Å². The molecule has 21 heavy (non-hydrogen) atoms. The number of methoxy groups -OCH3 is 1. The van der Waals surface area contributed by atoms with Crippen molar-refractivity contribution < 1.29 is 22.7 Å². The Bertz CT molecular complexity index is 530. The van der Waals surface area contributed by atoms with Crippen molar-refractivity contribution >= 4 is 17.3 Å². The summed E-state index contributed by atoms with van der Waals surface area (Å²) in [5.74, 6) is -1.41. The number of nitrogens with two attached hydrogens (primary N) is 1. The molecule has 1 unspecified atom stereocenters. The number of anilines is 2. The van der Waals surface area contributed by atoms with E-state index in [1.165, 1.54) is 19.4 Å². The second-order valence-electron chi connectivity index (χ2n) is 4.76. The van der Waals surface area contributed by atoms with Crippen LogP contribution in [0.5, 0.6) is 5.88 Å². The van der Waals surface area contributed by atoms with Crippen molar-refractivity contribution in [3.8, 4) is 5.88 Å².